The number of aliphatic carboxylic acids is 2. The van der Waals surface area contributed by atoms with Crippen LogP contribution in [-0.2, 0) is 9.59 Å². The Kier molecular flexibility index (Phi) is 61.1. The zero-order chi connectivity index (χ0) is 10.6. The van der Waals surface area contributed by atoms with E-state index in [9.17, 15) is 0 Å². The van der Waals surface area contributed by atoms with E-state index < -0.39 is 11.9 Å². The second-order valence-corrected chi connectivity index (χ2v) is 1.15. The van der Waals surface area contributed by atoms with Crippen LogP contribution in [0.25, 0.3) is 0 Å². The maximum absolute atomic E-state index is 9.13. The quantitative estimate of drug-likeness (QED) is 0.352. The van der Waals surface area contributed by atoms with Crippen LogP contribution >= 0.6 is 0 Å². The van der Waals surface area contributed by atoms with Gasteiger partial charge in [-0.3, -0.25) is 0 Å². The monoisotopic (exact) mass is 222 g/mol. The number of hydrogen-bond acceptors (Lipinski definition) is 6. The molecular formula is C6H12N2Na2O4. The van der Waals surface area contributed by atoms with Crippen LogP contribution in [0.15, 0.2) is 13.2 Å². The first-order valence-electron chi connectivity index (χ1n) is 2.84. The fraction of sp³-hybridized carbons (Fsp3) is 0.333. The van der Waals surface area contributed by atoms with Crippen LogP contribution in [0.3, 0.4) is 0 Å². The number of carbonyl (C=O) groups excluding carboxylic acids is 2. The Hall–Kier alpha value is 0.600. The fourth-order valence-corrected chi connectivity index (χ4v) is 0. The maximum atomic E-state index is 9.13. The Morgan fingerprint density at radius 2 is 1.00 bits per heavy atom. The van der Waals surface area contributed by atoms with Gasteiger partial charge in [-0.2, -0.15) is 0 Å². The van der Waals surface area contributed by atoms with Gasteiger partial charge in [0.25, 0.3) is 0 Å². The standard InChI is InChI=1S/2C2H5NO2.C2H4.2Na/c2*3-1-2(4)5;1-2;;/h2*1,3H2,(H,4,5);1-2H2;;/q;;;2*+1/p-2. The number of hydrogen-bond donors (Lipinski definition) is 2. The average molecular weight is 222 g/mol. The molecule has 0 heterocycles. The van der Waals surface area contributed by atoms with E-state index in [1.165, 1.54) is 0 Å². The molecule has 0 amide bonds. The van der Waals surface area contributed by atoms with Crippen molar-refractivity contribution in [2.75, 3.05) is 13.1 Å². The Morgan fingerprint density at radius 3 is 1.00 bits per heavy atom. The van der Waals surface area contributed by atoms with E-state index in [-0.39, 0.29) is 72.2 Å². The van der Waals surface area contributed by atoms with Crippen molar-refractivity contribution in [3.05, 3.63) is 13.2 Å². The van der Waals surface area contributed by atoms with E-state index >= 15 is 0 Å². The van der Waals surface area contributed by atoms with Crippen LogP contribution in [0.2, 0.25) is 0 Å². The summed E-state index contributed by atoms with van der Waals surface area (Å²) in [5.74, 6) is -2.44. The van der Waals surface area contributed by atoms with Gasteiger partial charge >= 0.3 is 59.1 Å². The molecule has 0 aliphatic heterocycles. The average Bonchev–Trinajstić information content (AvgIpc) is 2.09. The van der Waals surface area contributed by atoms with E-state index in [0.29, 0.717) is 0 Å². The second kappa shape index (κ2) is 29.2. The van der Waals surface area contributed by atoms with Gasteiger partial charge in [-0.15, -0.1) is 13.2 Å². The van der Waals surface area contributed by atoms with Gasteiger partial charge in [0, 0.05) is 13.1 Å². The smallest absolute Gasteiger partial charge is 0.549 e. The summed E-state index contributed by atoms with van der Waals surface area (Å²) in [6, 6.07) is 0. The fourth-order valence-electron chi connectivity index (χ4n) is 0. The Bertz CT molecular complexity index is 121. The van der Waals surface area contributed by atoms with Crippen LogP contribution in [0, 0.1) is 0 Å². The molecule has 0 rings (SSSR count). The molecule has 0 aliphatic carbocycles. The SMILES string of the molecule is C=C.NCC(=O)[O-].NCC(=O)[O-].[Na+].[Na+]. The topological polar surface area (TPSA) is 132 Å². The Balaban J connectivity index is -0.0000000292. The van der Waals surface area contributed by atoms with Gasteiger partial charge in [-0.1, -0.05) is 0 Å². The number of carboxylic acid groups (broad SMARTS) is 2. The van der Waals surface area contributed by atoms with E-state index in [0.717, 1.165) is 0 Å². The number of nitrogens with two attached hydrogens (primary N) is 2. The molecular weight excluding hydrogens is 210 g/mol. The molecule has 4 N–H and O–H groups in total. The number of carboxylic acids is 2. The minimum absolute atomic E-state index is 0. The van der Waals surface area contributed by atoms with Crippen LogP contribution in [0.4, 0.5) is 0 Å². The molecule has 0 fully saturated rings. The summed E-state index contributed by atoms with van der Waals surface area (Å²) >= 11 is 0. The largest absolute Gasteiger partial charge is 1.00 e. The predicted octanol–water partition coefficient (Wildman–Crippen LogP) is -9.80. The first-order chi connectivity index (χ1) is 5.54. The maximum Gasteiger partial charge on any atom is 1.00 e. The third kappa shape index (κ3) is 80.1. The van der Waals surface area contributed by atoms with E-state index in [1.54, 1.807) is 0 Å². The molecule has 0 unspecified atom stereocenters. The summed E-state index contributed by atoms with van der Waals surface area (Å²) < 4.78 is 0. The molecule has 0 atom stereocenters. The Morgan fingerprint density at radius 1 is 0.929 bits per heavy atom. The molecule has 0 saturated carbocycles. The van der Waals surface area contributed by atoms with Gasteiger partial charge < -0.3 is 31.3 Å². The summed E-state index contributed by atoms with van der Waals surface area (Å²) in [6.07, 6.45) is 0. The molecule has 14 heavy (non-hydrogen) atoms. The van der Waals surface area contributed by atoms with Crippen molar-refractivity contribution >= 4 is 11.9 Å². The molecule has 0 radical (unpaired) electrons. The normalized spacial score (nSPS) is 5.57. The van der Waals surface area contributed by atoms with Crippen molar-refractivity contribution in [3.63, 3.8) is 0 Å². The van der Waals surface area contributed by atoms with Crippen LogP contribution in [0.5, 0.6) is 0 Å². The first-order valence-corrected chi connectivity index (χ1v) is 2.84. The van der Waals surface area contributed by atoms with Gasteiger partial charge in [-0.05, 0) is 0 Å². The molecule has 0 aliphatic rings. The molecule has 0 aromatic rings. The van der Waals surface area contributed by atoms with Crippen molar-refractivity contribution < 1.29 is 78.9 Å². The molecule has 0 aromatic heterocycles. The van der Waals surface area contributed by atoms with Crippen molar-refractivity contribution in [3.8, 4) is 0 Å². The minimum Gasteiger partial charge on any atom is -0.549 e. The van der Waals surface area contributed by atoms with Gasteiger partial charge in [0.05, 0.1) is 11.9 Å². The van der Waals surface area contributed by atoms with E-state index in [4.69, 9.17) is 19.8 Å². The van der Waals surface area contributed by atoms with Crippen molar-refractivity contribution in [1.29, 1.82) is 0 Å². The van der Waals surface area contributed by atoms with Crippen LogP contribution in [-0.4, -0.2) is 25.0 Å². The third-order valence-electron chi connectivity index (χ3n) is 0.333. The number of rotatable bonds is 2. The van der Waals surface area contributed by atoms with E-state index in [1.807, 2.05) is 0 Å². The summed E-state index contributed by atoms with van der Waals surface area (Å²) in [4.78, 5) is 18.3. The van der Waals surface area contributed by atoms with Gasteiger partial charge in [0.1, 0.15) is 0 Å². The van der Waals surface area contributed by atoms with Crippen molar-refractivity contribution in [2.24, 2.45) is 11.5 Å². The van der Waals surface area contributed by atoms with Gasteiger partial charge in [-0.25, -0.2) is 0 Å². The van der Waals surface area contributed by atoms with Crippen molar-refractivity contribution in [2.45, 2.75) is 0 Å². The summed E-state index contributed by atoms with van der Waals surface area (Å²) in [7, 11) is 0. The van der Waals surface area contributed by atoms with E-state index in [2.05, 4.69) is 24.6 Å². The molecule has 0 spiro atoms. The van der Waals surface area contributed by atoms with Crippen molar-refractivity contribution in [1.82, 2.24) is 0 Å². The molecule has 0 aromatic carbocycles. The predicted molar refractivity (Wildman–Crippen MR) is 39.4 cm³/mol. The van der Waals surface area contributed by atoms with Gasteiger partial charge in [0.15, 0.2) is 0 Å². The molecule has 72 valence electrons. The van der Waals surface area contributed by atoms with Gasteiger partial charge in [0.2, 0.25) is 0 Å². The Labute approximate surface area is 127 Å². The third-order valence-corrected chi connectivity index (χ3v) is 0.333. The second-order valence-electron chi connectivity index (χ2n) is 1.15. The summed E-state index contributed by atoms with van der Waals surface area (Å²) in [5, 5.41) is 18.3. The molecule has 0 saturated heterocycles. The number of carbonyl (C=O) groups is 2. The summed E-state index contributed by atoms with van der Waals surface area (Å²) in [6.45, 7) is 5.22. The molecule has 8 heteroatoms. The molecule has 0 bridgehead atoms. The minimum atomic E-state index is -1.22. The molecule has 6 nitrogen and oxygen atoms in total. The zero-order valence-corrected chi connectivity index (χ0v) is 12.6. The van der Waals surface area contributed by atoms with Crippen LogP contribution in [0.1, 0.15) is 0 Å². The van der Waals surface area contributed by atoms with Crippen LogP contribution < -0.4 is 80.8 Å². The zero-order valence-electron chi connectivity index (χ0n) is 8.62. The summed E-state index contributed by atoms with van der Waals surface area (Å²) in [5.41, 5.74) is 9.02. The first kappa shape index (κ1) is 29.3.